The Morgan fingerprint density at radius 2 is 1.13 bits per heavy atom. The highest BCUT2D eigenvalue weighted by Crippen LogP contribution is 2.49. The van der Waals surface area contributed by atoms with Crippen molar-refractivity contribution in [1.82, 2.24) is 0 Å². The molecule has 1 fully saturated rings. The summed E-state index contributed by atoms with van der Waals surface area (Å²) in [6, 6.07) is 0. The van der Waals surface area contributed by atoms with Gasteiger partial charge < -0.3 is 59.9 Å². The van der Waals surface area contributed by atoms with Gasteiger partial charge in [0.2, 0.25) is 0 Å². The lowest BCUT2D eigenvalue weighted by molar-refractivity contribution is -0.216. The van der Waals surface area contributed by atoms with Crippen molar-refractivity contribution >= 4 is 27.6 Å². The van der Waals surface area contributed by atoms with Crippen LogP contribution in [0.25, 0.3) is 0 Å². The van der Waals surface area contributed by atoms with Gasteiger partial charge in [-0.3, -0.25) is 23.2 Å². The fraction of sp³-hybridized carbons (Fsp3) is 0.702. The van der Waals surface area contributed by atoms with E-state index in [1.54, 1.807) is 36.5 Å². The number of hydrogen-bond donors (Lipinski definition) is 10. The Morgan fingerprint density at radius 1 is 0.588 bits per heavy atom. The van der Waals surface area contributed by atoms with Crippen molar-refractivity contribution in [2.24, 2.45) is 0 Å². The molecule has 19 nitrogen and oxygen atoms in total. The molecule has 0 bridgehead atoms. The molecular weight excluding hydrogens is 930 g/mol. The van der Waals surface area contributed by atoms with Gasteiger partial charge >= 0.3 is 27.6 Å². The summed E-state index contributed by atoms with van der Waals surface area (Å²) in [6.07, 6.45) is 17.8. The first kappa shape index (κ1) is 63.3. The SMILES string of the molecule is CC/C=C\C[C@@H](O)/C=C/C=C/C=C\C=C/[C@H](O)[C@@H](O)CCCC(=O)OC[C@H](COP(=O)(O)O[C@H]1C(O)C(O)C(O)[C@@H](OP(=O)(O)O)C1O)OC(=O)CCCCCCC/C=C\CCCCCCCC. The Bertz CT molecular complexity index is 1640. The van der Waals surface area contributed by atoms with Crippen molar-refractivity contribution in [3.63, 3.8) is 0 Å². The maximum atomic E-state index is 13.0. The van der Waals surface area contributed by atoms with Crippen molar-refractivity contribution in [2.45, 2.75) is 197 Å². The van der Waals surface area contributed by atoms with E-state index in [0.29, 0.717) is 12.8 Å². The van der Waals surface area contributed by atoms with Gasteiger partial charge in [-0.2, -0.15) is 0 Å². The molecule has 0 aliphatic heterocycles. The highest BCUT2D eigenvalue weighted by Gasteiger charge is 2.54. The zero-order valence-electron chi connectivity index (χ0n) is 39.6. The first-order valence-corrected chi connectivity index (χ1v) is 26.8. The number of rotatable bonds is 38. The maximum Gasteiger partial charge on any atom is 0.472 e. The van der Waals surface area contributed by atoms with Crippen LogP contribution in [0.5, 0.6) is 0 Å². The van der Waals surface area contributed by atoms with Crippen molar-refractivity contribution in [1.29, 1.82) is 0 Å². The predicted octanol–water partition coefficient (Wildman–Crippen LogP) is 5.75. The second-order valence-electron chi connectivity index (χ2n) is 16.7. The van der Waals surface area contributed by atoms with E-state index in [1.165, 1.54) is 50.7 Å². The Kier molecular flexibility index (Phi) is 34.6. The molecule has 0 aromatic heterocycles. The van der Waals surface area contributed by atoms with Crippen molar-refractivity contribution in [3.05, 3.63) is 72.9 Å². The van der Waals surface area contributed by atoms with E-state index in [0.717, 1.165) is 44.9 Å². The maximum absolute atomic E-state index is 13.0. The lowest BCUT2D eigenvalue weighted by Crippen LogP contribution is -2.64. The summed E-state index contributed by atoms with van der Waals surface area (Å²) >= 11 is 0. The number of carbonyl (C=O) groups is 2. The first-order chi connectivity index (χ1) is 32.3. The molecule has 1 aliphatic carbocycles. The molecule has 11 atom stereocenters. The number of ether oxygens (including phenoxy) is 2. The molecule has 1 saturated carbocycles. The molecule has 392 valence electrons. The molecule has 10 N–H and O–H groups in total. The van der Waals surface area contributed by atoms with E-state index >= 15 is 0 Å². The van der Waals surface area contributed by atoms with Gasteiger partial charge in [-0.1, -0.05) is 138 Å². The van der Waals surface area contributed by atoms with E-state index < -0.39 is 102 Å². The molecule has 1 rings (SSSR count). The van der Waals surface area contributed by atoms with E-state index in [4.69, 9.17) is 18.5 Å². The number of carbonyl (C=O) groups excluding carboxylic acids is 2. The van der Waals surface area contributed by atoms with Gasteiger partial charge in [-0.15, -0.1) is 0 Å². The number of esters is 2. The fourth-order valence-corrected chi connectivity index (χ4v) is 8.31. The summed E-state index contributed by atoms with van der Waals surface area (Å²) in [5.41, 5.74) is 0. The summed E-state index contributed by atoms with van der Waals surface area (Å²) < 4.78 is 49.1. The van der Waals surface area contributed by atoms with Gasteiger partial charge in [-0.05, 0) is 57.8 Å². The largest absolute Gasteiger partial charge is 0.472 e. The highest BCUT2D eigenvalue weighted by molar-refractivity contribution is 7.47. The third-order valence-electron chi connectivity index (χ3n) is 10.6. The fourth-order valence-electron chi connectivity index (χ4n) is 6.77. The minimum absolute atomic E-state index is 0.00203. The summed E-state index contributed by atoms with van der Waals surface area (Å²) in [6.45, 7) is 2.60. The minimum atomic E-state index is -5.41. The Morgan fingerprint density at radius 3 is 1.74 bits per heavy atom. The third kappa shape index (κ3) is 30.8. The molecule has 1 aliphatic rings. The predicted molar refractivity (Wildman–Crippen MR) is 254 cm³/mol. The zero-order chi connectivity index (χ0) is 50.8. The second-order valence-corrected chi connectivity index (χ2v) is 19.3. The molecule has 0 amide bonds. The molecule has 5 unspecified atom stereocenters. The molecule has 0 radical (unpaired) electrons. The molecule has 68 heavy (non-hydrogen) atoms. The van der Waals surface area contributed by atoms with Crippen LogP contribution in [0.4, 0.5) is 0 Å². The number of phosphoric ester groups is 2. The van der Waals surface area contributed by atoms with E-state index in [9.17, 15) is 69.1 Å². The van der Waals surface area contributed by atoms with E-state index in [-0.39, 0.29) is 25.7 Å². The van der Waals surface area contributed by atoms with Gasteiger partial charge in [0.1, 0.15) is 43.2 Å². The van der Waals surface area contributed by atoms with Crippen LogP contribution in [-0.2, 0) is 41.8 Å². The van der Waals surface area contributed by atoms with Crippen LogP contribution in [-0.4, -0.2) is 137 Å². The van der Waals surface area contributed by atoms with Crippen LogP contribution in [0.15, 0.2) is 72.9 Å². The van der Waals surface area contributed by atoms with E-state index in [2.05, 4.69) is 23.6 Å². The van der Waals surface area contributed by atoms with Gasteiger partial charge in [0.15, 0.2) is 6.10 Å². The molecule has 0 aromatic carbocycles. The van der Waals surface area contributed by atoms with E-state index in [1.807, 2.05) is 19.1 Å². The highest BCUT2D eigenvalue weighted by atomic mass is 31.2. The average molecular weight is 1010 g/mol. The number of aliphatic hydroxyl groups excluding tert-OH is 7. The Hall–Kier alpha value is -2.68. The summed E-state index contributed by atoms with van der Waals surface area (Å²) in [4.78, 5) is 54.3. The summed E-state index contributed by atoms with van der Waals surface area (Å²) in [5.74, 6) is -1.55. The topological polar surface area (TPSA) is 317 Å². The second kappa shape index (κ2) is 37.1. The van der Waals surface area contributed by atoms with Crippen LogP contribution >= 0.6 is 15.6 Å². The zero-order valence-corrected chi connectivity index (χ0v) is 41.4. The molecule has 21 heteroatoms. The van der Waals surface area contributed by atoms with Crippen LogP contribution in [0.1, 0.15) is 136 Å². The number of allylic oxidation sites excluding steroid dienone is 9. The van der Waals surface area contributed by atoms with Gasteiger partial charge in [0, 0.05) is 12.8 Å². The van der Waals surface area contributed by atoms with Gasteiger partial charge in [0.05, 0.1) is 24.9 Å². The number of hydrogen-bond acceptors (Lipinski definition) is 16. The van der Waals surface area contributed by atoms with Gasteiger partial charge in [0.25, 0.3) is 0 Å². The summed E-state index contributed by atoms with van der Waals surface area (Å²) in [5, 5.41) is 71.8. The first-order valence-electron chi connectivity index (χ1n) is 23.8. The molecule has 0 aromatic rings. The lowest BCUT2D eigenvalue weighted by atomic mass is 9.85. The minimum Gasteiger partial charge on any atom is -0.462 e. The standard InChI is InChI=1S/C47H80O19P2/c1-3-5-7-8-9-10-11-12-13-14-15-16-17-22-26-32-41(52)64-37(35-63-68(60,61)66-47-44(55)42(53)43(54)46(45(47)56)65-67(57,58)59)34-62-40(51)33-27-31-39(50)38(49)30-25-21-19-18-20-24-29-36(48)28-23-6-4-2/h6,12-13,18-21,23-25,29-30,36-39,42-50,53-56H,3-5,7-11,14-17,22,26-28,31-35H2,1-2H3,(H,60,61)(H2,57,58,59)/b13-12-,20-18+,21-19-,23-6-,29-24+,30-25-/t36-,37-,38+,39+,42?,43?,44?,45?,46-,47+/m1/s1. The quantitative estimate of drug-likeness (QED) is 0.0116. The number of aliphatic hydroxyl groups is 7. The Labute approximate surface area is 401 Å². The third-order valence-corrected chi connectivity index (χ3v) is 12.1. The Balaban J connectivity index is 2.74. The van der Waals surface area contributed by atoms with Crippen molar-refractivity contribution in [3.8, 4) is 0 Å². The van der Waals surface area contributed by atoms with Crippen LogP contribution in [0.3, 0.4) is 0 Å². The summed E-state index contributed by atoms with van der Waals surface area (Å²) in [7, 11) is -10.8. The average Bonchev–Trinajstić information content (AvgIpc) is 3.28. The smallest absolute Gasteiger partial charge is 0.462 e. The van der Waals surface area contributed by atoms with Crippen molar-refractivity contribution < 1.29 is 92.2 Å². The van der Waals surface area contributed by atoms with Crippen LogP contribution in [0.2, 0.25) is 0 Å². The number of unbranched alkanes of at least 4 members (excludes halogenated alkanes) is 11. The monoisotopic (exact) mass is 1010 g/mol. The number of phosphoric acid groups is 2. The van der Waals surface area contributed by atoms with Gasteiger partial charge in [-0.25, -0.2) is 9.13 Å². The molecule has 0 heterocycles. The van der Waals surface area contributed by atoms with Crippen LogP contribution in [0, 0.1) is 0 Å². The normalized spacial score (nSPS) is 23.3. The lowest BCUT2D eigenvalue weighted by Gasteiger charge is -2.43. The van der Waals surface area contributed by atoms with Crippen molar-refractivity contribution in [2.75, 3.05) is 13.2 Å². The molecular formula is C47H80O19P2. The molecule has 0 saturated heterocycles. The van der Waals surface area contributed by atoms with Crippen LogP contribution < -0.4 is 0 Å². The molecule has 0 spiro atoms.